The van der Waals surface area contributed by atoms with Crippen molar-refractivity contribution in [1.29, 1.82) is 0 Å². The fourth-order valence-corrected chi connectivity index (χ4v) is 2.10. The largest absolute Gasteiger partial charge is 0.326 e. The molecule has 0 radical (unpaired) electrons. The van der Waals surface area contributed by atoms with E-state index in [-0.39, 0.29) is 5.91 Å². The minimum Gasteiger partial charge on any atom is -0.326 e. The average molecular weight is 218 g/mol. The molecule has 1 fully saturated rings. The van der Waals surface area contributed by atoms with Crippen LogP contribution in [0.4, 0.5) is 5.69 Å². The second-order valence-electron chi connectivity index (χ2n) is 4.36. The van der Waals surface area contributed by atoms with Crippen LogP contribution >= 0.6 is 0 Å². The van der Waals surface area contributed by atoms with Crippen molar-refractivity contribution in [2.24, 2.45) is 0 Å². The Morgan fingerprint density at radius 2 is 1.88 bits per heavy atom. The Labute approximate surface area is 96.5 Å². The molecule has 1 aliphatic rings. The summed E-state index contributed by atoms with van der Waals surface area (Å²) in [4.78, 5) is 13.3. The van der Waals surface area contributed by atoms with E-state index in [2.05, 4.69) is 22.3 Å². The monoisotopic (exact) mass is 218 g/mol. The Balaban J connectivity index is 1.93. The maximum Gasteiger partial charge on any atom is 0.221 e. The Morgan fingerprint density at radius 3 is 2.44 bits per heavy atom. The van der Waals surface area contributed by atoms with Gasteiger partial charge in [-0.2, -0.15) is 0 Å². The molecule has 1 aromatic rings. The molecular formula is C13H18N2O. The molecule has 16 heavy (non-hydrogen) atoms. The summed E-state index contributed by atoms with van der Waals surface area (Å²) in [6.45, 7) is 4.99. The number of benzene rings is 1. The van der Waals surface area contributed by atoms with Crippen molar-refractivity contribution < 1.29 is 4.79 Å². The number of likely N-dealkylation sites (tertiary alicyclic amines) is 1. The molecule has 0 saturated carbocycles. The van der Waals surface area contributed by atoms with Crippen LogP contribution in [-0.4, -0.2) is 23.9 Å². The zero-order chi connectivity index (χ0) is 11.4. The van der Waals surface area contributed by atoms with Crippen molar-refractivity contribution in [1.82, 2.24) is 4.90 Å². The van der Waals surface area contributed by atoms with Gasteiger partial charge in [-0.1, -0.05) is 12.1 Å². The first-order valence-electron chi connectivity index (χ1n) is 5.83. The predicted octanol–water partition coefficient (Wildman–Crippen LogP) is 2.24. The van der Waals surface area contributed by atoms with Crippen LogP contribution in [0.2, 0.25) is 0 Å². The summed E-state index contributed by atoms with van der Waals surface area (Å²) in [7, 11) is 0. The van der Waals surface area contributed by atoms with E-state index in [1.54, 1.807) is 0 Å². The molecule has 1 aliphatic heterocycles. The van der Waals surface area contributed by atoms with Gasteiger partial charge in [0.25, 0.3) is 0 Å². The molecular weight excluding hydrogens is 200 g/mol. The van der Waals surface area contributed by atoms with Gasteiger partial charge in [-0.25, -0.2) is 0 Å². The van der Waals surface area contributed by atoms with E-state index in [0.29, 0.717) is 0 Å². The molecule has 86 valence electrons. The maximum absolute atomic E-state index is 10.9. The van der Waals surface area contributed by atoms with Gasteiger partial charge in [0.2, 0.25) is 5.91 Å². The van der Waals surface area contributed by atoms with Gasteiger partial charge >= 0.3 is 0 Å². The van der Waals surface area contributed by atoms with E-state index in [1.165, 1.54) is 38.4 Å². The van der Waals surface area contributed by atoms with E-state index in [1.807, 2.05) is 12.1 Å². The standard InChI is InChI=1S/C13H18N2O/c1-11(16)14-13-6-4-12(5-7-13)10-15-8-2-3-9-15/h4-7H,2-3,8-10H2,1H3,(H,14,16). The number of nitrogens with one attached hydrogen (secondary N) is 1. The first kappa shape index (κ1) is 11.1. The summed E-state index contributed by atoms with van der Waals surface area (Å²) < 4.78 is 0. The molecule has 0 spiro atoms. The normalized spacial score (nSPS) is 16.3. The molecule has 0 atom stereocenters. The van der Waals surface area contributed by atoms with Gasteiger partial charge in [0, 0.05) is 19.2 Å². The minimum atomic E-state index is -0.0210. The fraction of sp³-hybridized carbons (Fsp3) is 0.462. The second-order valence-corrected chi connectivity index (χ2v) is 4.36. The number of amides is 1. The summed E-state index contributed by atoms with van der Waals surface area (Å²) in [6.07, 6.45) is 2.65. The zero-order valence-electron chi connectivity index (χ0n) is 9.70. The van der Waals surface area contributed by atoms with Gasteiger partial charge in [0.1, 0.15) is 0 Å². The third-order valence-electron chi connectivity index (χ3n) is 2.88. The number of anilines is 1. The zero-order valence-corrected chi connectivity index (χ0v) is 9.70. The van der Waals surface area contributed by atoms with Crippen molar-refractivity contribution >= 4 is 11.6 Å². The molecule has 3 nitrogen and oxygen atoms in total. The van der Waals surface area contributed by atoms with Crippen LogP contribution in [0, 0.1) is 0 Å². The van der Waals surface area contributed by atoms with Crippen LogP contribution in [0.3, 0.4) is 0 Å². The highest BCUT2D eigenvalue weighted by Crippen LogP contribution is 2.15. The fourth-order valence-electron chi connectivity index (χ4n) is 2.10. The topological polar surface area (TPSA) is 32.3 Å². The lowest BCUT2D eigenvalue weighted by Gasteiger charge is -2.14. The van der Waals surface area contributed by atoms with Gasteiger partial charge in [-0.3, -0.25) is 9.69 Å². The van der Waals surface area contributed by atoms with E-state index in [0.717, 1.165) is 12.2 Å². The Hall–Kier alpha value is -1.35. The summed E-state index contributed by atoms with van der Waals surface area (Å²) in [6, 6.07) is 8.10. The molecule has 1 amide bonds. The SMILES string of the molecule is CC(=O)Nc1ccc(CN2CCCC2)cc1. The minimum absolute atomic E-state index is 0.0210. The number of rotatable bonds is 3. The summed E-state index contributed by atoms with van der Waals surface area (Å²) in [5, 5.41) is 2.77. The molecule has 1 aromatic carbocycles. The Morgan fingerprint density at radius 1 is 1.25 bits per heavy atom. The van der Waals surface area contributed by atoms with Crippen molar-refractivity contribution in [3.63, 3.8) is 0 Å². The quantitative estimate of drug-likeness (QED) is 0.844. The lowest BCUT2D eigenvalue weighted by molar-refractivity contribution is -0.114. The van der Waals surface area contributed by atoms with E-state index in [9.17, 15) is 4.79 Å². The molecule has 1 saturated heterocycles. The van der Waals surface area contributed by atoms with Crippen LogP contribution in [0.5, 0.6) is 0 Å². The van der Waals surface area contributed by atoms with Crippen molar-refractivity contribution in [2.45, 2.75) is 26.3 Å². The van der Waals surface area contributed by atoms with Crippen molar-refractivity contribution in [3.05, 3.63) is 29.8 Å². The second kappa shape index (κ2) is 5.12. The summed E-state index contributed by atoms with van der Waals surface area (Å²) >= 11 is 0. The number of nitrogens with zero attached hydrogens (tertiary/aromatic N) is 1. The lowest BCUT2D eigenvalue weighted by Crippen LogP contribution is -2.18. The molecule has 0 bridgehead atoms. The van der Waals surface area contributed by atoms with E-state index < -0.39 is 0 Å². The number of carbonyl (C=O) groups excluding carboxylic acids is 1. The highest BCUT2D eigenvalue weighted by Gasteiger charge is 2.11. The van der Waals surface area contributed by atoms with Crippen LogP contribution in [0.1, 0.15) is 25.3 Å². The predicted molar refractivity (Wildman–Crippen MR) is 65.3 cm³/mol. The number of hydrogen-bond donors (Lipinski definition) is 1. The Kier molecular flexibility index (Phi) is 3.57. The summed E-state index contributed by atoms with van der Waals surface area (Å²) in [5.74, 6) is -0.0210. The van der Waals surface area contributed by atoms with Gasteiger partial charge in [0.15, 0.2) is 0 Å². The van der Waals surface area contributed by atoms with Crippen molar-refractivity contribution in [2.75, 3.05) is 18.4 Å². The van der Waals surface area contributed by atoms with Crippen LogP contribution in [0.25, 0.3) is 0 Å². The molecule has 0 aromatic heterocycles. The number of hydrogen-bond acceptors (Lipinski definition) is 2. The van der Waals surface area contributed by atoms with Crippen LogP contribution in [-0.2, 0) is 11.3 Å². The van der Waals surface area contributed by atoms with Gasteiger partial charge in [0.05, 0.1) is 0 Å². The lowest BCUT2D eigenvalue weighted by atomic mass is 10.2. The molecule has 1 N–H and O–H groups in total. The molecule has 2 rings (SSSR count). The van der Waals surface area contributed by atoms with Gasteiger partial charge in [-0.15, -0.1) is 0 Å². The van der Waals surface area contributed by atoms with Crippen molar-refractivity contribution in [3.8, 4) is 0 Å². The van der Waals surface area contributed by atoms with Gasteiger partial charge in [-0.05, 0) is 43.6 Å². The first-order chi connectivity index (χ1) is 7.74. The van der Waals surface area contributed by atoms with Crippen LogP contribution < -0.4 is 5.32 Å². The summed E-state index contributed by atoms with van der Waals surface area (Å²) in [5.41, 5.74) is 2.19. The third kappa shape index (κ3) is 3.07. The maximum atomic E-state index is 10.9. The van der Waals surface area contributed by atoms with Crippen LogP contribution in [0.15, 0.2) is 24.3 Å². The van der Waals surface area contributed by atoms with E-state index in [4.69, 9.17) is 0 Å². The third-order valence-corrected chi connectivity index (χ3v) is 2.88. The smallest absolute Gasteiger partial charge is 0.221 e. The van der Waals surface area contributed by atoms with E-state index >= 15 is 0 Å². The highest BCUT2D eigenvalue weighted by molar-refractivity contribution is 5.88. The molecule has 3 heteroatoms. The molecule has 1 heterocycles. The first-order valence-corrected chi connectivity index (χ1v) is 5.83. The molecule has 0 aliphatic carbocycles. The average Bonchev–Trinajstić information content (AvgIpc) is 2.73. The van der Waals surface area contributed by atoms with Gasteiger partial charge < -0.3 is 5.32 Å². The highest BCUT2D eigenvalue weighted by atomic mass is 16.1. The Bertz CT molecular complexity index is 353. The number of carbonyl (C=O) groups is 1. The molecule has 0 unspecified atom stereocenters.